The second-order valence-corrected chi connectivity index (χ2v) is 7.34. The Morgan fingerprint density at radius 3 is 2.40 bits per heavy atom. The standard InChI is InChI=1S/C22H26N4O4/c1-13-4-7-19-18(10-13)17(15(3)24-19)11-22(29)26-25-21(28)9-8-20(27)23-12-16-6-5-14(2)30-16/h4-7,10,24H,8-9,11-12H2,1-3H3,(H,23,27)(H,25,28)(H,26,29). The highest BCUT2D eigenvalue weighted by Gasteiger charge is 2.14. The average molecular weight is 410 g/mol. The number of hydrogen-bond donors (Lipinski definition) is 4. The molecule has 158 valence electrons. The molecule has 3 amide bonds. The number of aromatic nitrogens is 1. The van der Waals surface area contributed by atoms with Crippen LogP contribution in [0.3, 0.4) is 0 Å². The maximum Gasteiger partial charge on any atom is 0.242 e. The number of benzene rings is 1. The highest BCUT2D eigenvalue weighted by molar-refractivity contribution is 5.91. The Morgan fingerprint density at radius 1 is 0.933 bits per heavy atom. The minimum Gasteiger partial charge on any atom is -0.465 e. The van der Waals surface area contributed by atoms with Crippen molar-refractivity contribution in [3.8, 4) is 0 Å². The van der Waals surface area contributed by atoms with E-state index in [9.17, 15) is 14.4 Å². The molecule has 0 aliphatic rings. The first kappa shape index (κ1) is 21.2. The Morgan fingerprint density at radius 2 is 1.67 bits per heavy atom. The molecular formula is C22H26N4O4. The van der Waals surface area contributed by atoms with Crippen LogP contribution in [0.15, 0.2) is 34.7 Å². The van der Waals surface area contributed by atoms with Crippen molar-refractivity contribution in [2.45, 2.75) is 46.6 Å². The second-order valence-electron chi connectivity index (χ2n) is 7.34. The normalized spacial score (nSPS) is 10.8. The Labute approximate surface area is 174 Å². The van der Waals surface area contributed by atoms with Crippen LogP contribution in [0.1, 0.15) is 41.2 Å². The maximum absolute atomic E-state index is 12.3. The highest BCUT2D eigenvalue weighted by Crippen LogP contribution is 2.23. The smallest absolute Gasteiger partial charge is 0.242 e. The van der Waals surface area contributed by atoms with E-state index >= 15 is 0 Å². The van der Waals surface area contributed by atoms with E-state index in [-0.39, 0.29) is 37.6 Å². The van der Waals surface area contributed by atoms with E-state index in [4.69, 9.17) is 4.42 Å². The van der Waals surface area contributed by atoms with Crippen molar-refractivity contribution in [3.63, 3.8) is 0 Å². The van der Waals surface area contributed by atoms with E-state index in [0.29, 0.717) is 5.76 Å². The van der Waals surface area contributed by atoms with E-state index in [1.807, 2.05) is 45.0 Å². The van der Waals surface area contributed by atoms with Crippen LogP contribution in [-0.4, -0.2) is 22.7 Å². The van der Waals surface area contributed by atoms with Gasteiger partial charge in [-0.1, -0.05) is 11.6 Å². The molecule has 0 radical (unpaired) electrons. The van der Waals surface area contributed by atoms with E-state index < -0.39 is 5.91 Å². The third-order valence-corrected chi connectivity index (χ3v) is 4.79. The van der Waals surface area contributed by atoms with E-state index in [1.54, 1.807) is 6.07 Å². The zero-order chi connectivity index (χ0) is 21.7. The number of fused-ring (bicyclic) bond motifs is 1. The van der Waals surface area contributed by atoms with Crippen molar-refractivity contribution in [2.75, 3.05) is 0 Å². The van der Waals surface area contributed by atoms with Gasteiger partial charge in [0.25, 0.3) is 0 Å². The molecule has 30 heavy (non-hydrogen) atoms. The molecule has 0 unspecified atom stereocenters. The second kappa shape index (κ2) is 9.30. The fraction of sp³-hybridized carbons (Fsp3) is 0.318. The molecule has 4 N–H and O–H groups in total. The van der Waals surface area contributed by atoms with Crippen molar-refractivity contribution < 1.29 is 18.8 Å². The van der Waals surface area contributed by atoms with Gasteiger partial charge in [-0.25, -0.2) is 0 Å². The average Bonchev–Trinajstić information content (AvgIpc) is 3.26. The SMILES string of the molecule is Cc1ccc2[nH]c(C)c(CC(=O)NNC(=O)CCC(=O)NCc3ccc(C)o3)c2c1. The lowest BCUT2D eigenvalue weighted by atomic mass is 10.1. The quantitative estimate of drug-likeness (QED) is 0.448. The first-order valence-corrected chi connectivity index (χ1v) is 9.79. The summed E-state index contributed by atoms with van der Waals surface area (Å²) in [6.45, 7) is 6.01. The Kier molecular flexibility index (Phi) is 6.56. The number of aromatic amines is 1. The van der Waals surface area contributed by atoms with Gasteiger partial charge in [0.2, 0.25) is 17.7 Å². The predicted octanol–water partition coefficient (Wildman–Crippen LogP) is 2.47. The van der Waals surface area contributed by atoms with Gasteiger partial charge >= 0.3 is 0 Å². The molecule has 0 aliphatic heterocycles. The van der Waals surface area contributed by atoms with Gasteiger partial charge in [0, 0.05) is 29.4 Å². The highest BCUT2D eigenvalue weighted by atomic mass is 16.3. The lowest BCUT2D eigenvalue weighted by molar-refractivity contribution is -0.130. The first-order chi connectivity index (χ1) is 14.3. The summed E-state index contributed by atoms with van der Waals surface area (Å²) in [5.74, 6) is 0.397. The molecule has 0 atom stereocenters. The minimum absolute atomic E-state index is 0.0161. The predicted molar refractivity (Wildman–Crippen MR) is 112 cm³/mol. The van der Waals surface area contributed by atoms with Crippen LogP contribution in [0.5, 0.6) is 0 Å². The molecule has 3 aromatic rings. The number of nitrogens with one attached hydrogen (secondary N) is 4. The summed E-state index contributed by atoms with van der Waals surface area (Å²) in [4.78, 5) is 39.3. The number of rotatable bonds is 7. The summed E-state index contributed by atoms with van der Waals surface area (Å²) in [6.07, 6.45) is 0.120. The summed E-state index contributed by atoms with van der Waals surface area (Å²) in [5, 5.41) is 3.68. The Balaban J connectivity index is 1.41. The molecule has 0 saturated carbocycles. The molecule has 2 aromatic heterocycles. The van der Waals surface area contributed by atoms with Crippen LogP contribution in [0.4, 0.5) is 0 Å². The molecule has 0 fully saturated rings. The van der Waals surface area contributed by atoms with E-state index in [0.717, 1.165) is 33.5 Å². The van der Waals surface area contributed by atoms with Crippen LogP contribution in [-0.2, 0) is 27.3 Å². The van der Waals surface area contributed by atoms with Gasteiger partial charge in [0.15, 0.2) is 0 Å². The monoisotopic (exact) mass is 410 g/mol. The number of aryl methyl sites for hydroxylation is 3. The third-order valence-electron chi connectivity index (χ3n) is 4.79. The van der Waals surface area contributed by atoms with Gasteiger partial charge in [0.05, 0.1) is 13.0 Å². The molecule has 3 rings (SSSR count). The van der Waals surface area contributed by atoms with Crippen molar-refractivity contribution in [2.24, 2.45) is 0 Å². The molecule has 8 nitrogen and oxygen atoms in total. The minimum atomic E-state index is -0.432. The van der Waals surface area contributed by atoms with Gasteiger partial charge < -0.3 is 14.7 Å². The molecule has 0 bridgehead atoms. The van der Waals surface area contributed by atoms with Gasteiger partial charge in [0.1, 0.15) is 11.5 Å². The largest absolute Gasteiger partial charge is 0.465 e. The van der Waals surface area contributed by atoms with E-state index in [1.165, 1.54) is 0 Å². The van der Waals surface area contributed by atoms with Gasteiger partial charge in [-0.2, -0.15) is 0 Å². The van der Waals surface area contributed by atoms with Gasteiger partial charge in [-0.3, -0.25) is 25.2 Å². The summed E-state index contributed by atoms with van der Waals surface area (Å²) in [7, 11) is 0. The lowest BCUT2D eigenvalue weighted by Gasteiger charge is -2.08. The topological polar surface area (TPSA) is 116 Å². The van der Waals surface area contributed by atoms with Crippen LogP contribution >= 0.6 is 0 Å². The van der Waals surface area contributed by atoms with Crippen LogP contribution in [0.2, 0.25) is 0 Å². The maximum atomic E-state index is 12.3. The van der Waals surface area contributed by atoms with Crippen LogP contribution < -0.4 is 16.2 Å². The number of carbonyl (C=O) groups excluding carboxylic acids is 3. The molecule has 0 saturated heterocycles. The summed E-state index contributed by atoms with van der Waals surface area (Å²) >= 11 is 0. The summed E-state index contributed by atoms with van der Waals surface area (Å²) in [5.41, 5.74) is 8.67. The molecule has 1 aromatic carbocycles. The van der Waals surface area contributed by atoms with Crippen molar-refractivity contribution in [3.05, 3.63) is 58.7 Å². The number of amides is 3. The van der Waals surface area contributed by atoms with Crippen molar-refractivity contribution >= 4 is 28.6 Å². The molecule has 0 aliphatic carbocycles. The van der Waals surface area contributed by atoms with Crippen LogP contribution in [0, 0.1) is 20.8 Å². The number of hydrazine groups is 1. The van der Waals surface area contributed by atoms with Crippen molar-refractivity contribution in [1.29, 1.82) is 0 Å². The summed E-state index contributed by atoms with van der Waals surface area (Å²) in [6, 6.07) is 9.63. The number of H-pyrrole nitrogens is 1. The third kappa shape index (κ3) is 5.50. The number of carbonyl (C=O) groups is 3. The zero-order valence-electron chi connectivity index (χ0n) is 17.3. The first-order valence-electron chi connectivity index (χ1n) is 9.79. The number of furan rings is 1. The van der Waals surface area contributed by atoms with Gasteiger partial charge in [-0.05, 0) is 50.6 Å². The Hall–Kier alpha value is -3.55. The molecule has 0 spiro atoms. The van der Waals surface area contributed by atoms with E-state index in [2.05, 4.69) is 21.2 Å². The van der Waals surface area contributed by atoms with Gasteiger partial charge in [-0.15, -0.1) is 0 Å². The molecular weight excluding hydrogens is 384 g/mol. The number of hydrogen-bond acceptors (Lipinski definition) is 4. The summed E-state index contributed by atoms with van der Waals surface area (Å²) < 4.78 is 5.37. The van der Waals surface area contributed by atoms with Crippen molar-refractivity contribution in [1.82, 2.24) is 21.2 Å². The molecule has 8 heteroatoms. The van der Waals surface area contributed by atoms with Crippen LogP contribution in [0.25, 0.3) is 10.9 Å². The fourth-order valence-electron chi connectivity index (χ4n) is 3.21. The fourth-order valence-corrected chi connectivity index (χ4v) is 3.21. The molecule has 2 heterocycles. The zero-order valence-corrected chi connectivity index (χ0v) is 17.3. The lowest BCUT2D eigenvalue weighted by Crippen LogP contribution is -2.42. The Bertz CT molecular complexity index is 1080.